The summed E-state index contributed by atoms with van der Waals surface area (Å²) in [5.41, 5.74) is 0.0681. The van der Waals surface area contributed by atoms with E-state index in [2.05, 4.69) is 11.9 Å². The van der Waals surface area contributed by atoms with Gasteiger partial charge in [0, 0.05) is 36.0 Å². The molecular weight excluding hydrogens is 425 g/mol. The fourth-order valence-corrected chi connectivity index (χ4v) is 4.62. The van der Waals surface area contributed by atoms with Gasteiger partial charge in [0.15, 0.2) is 0 Å². The minimum Gasteiger partial charge on any atom is -0.348 e. The molecule has 3 amide bonds. The lowest BCUT2D eigenvalue weighted by molar-refractivity contribution is -0.133. The van der Waals surface area contributed by atoms with Gasteiger partial charge in [-0.2, -0.15) is 0 Å². The molecule has 0 spiro atoms. The molecule has 2 aromatic rings. The van der Waals surface area contributed by atoms with Gasteiger partial charge in [-0.3, -0.25) is 19.3 Å². The van der Waals surface area contributed by atoms with Crippen LogP contribution in [0.2, 0.25) is 10.0 Å². The summed E-state index contributed by atoms with van der Waals surface area (Å²) in [4.78, 5) is 42.5. The molecule has 2 aromatic carbocycles. The first-order valence-electron chi connectivity index (χ1n) is 9.47. The summed E-state index contributed by atoms with van der Waals surface area (Å²) in [5, 5.41) is 3.78. The van der Waals surface area contributed by atoms with Crippen molar-refractivity contribution in [3.05, 3.63) is 76.3 Å². The van der Waals surface area contributed by atoms with E-state index < -0.39 is 11.6 Å². The number of anilines is 1. The Hall–Kier alpha value is -2.83. The van der Waals surface area contributed by atoms with E-state index in [4.69, 9.17) is 23.2 Å². The van der Waals surface area contributed by atoms with E-state index in [0.717, 1.165) is 0 Å². The number of para-hydroxylation sites is 1. The Labute approximate surface area is 184 Å². The van der Waals surface area contributed by atoms with E-state index in [-0.39, 0.29) is 37.7 Å². The van der Waals surface area contributed by atoms with Gasteiger partial charge in [0.2, 0.25) is 11.6 Å². The van der Waals surface area contributed by atoms with Crippen LogP contribution in [-0.2, 0) is 16.1 Å². The Kier molecular flexibility index (Phi) is 5.30. The first-order chi connectivity index (χ1) is 14.4. The fraction of sp³-hybridized carbons (Fsp3) is 0.227. The Morgan fingerprint density at radius 2 is 1.97 bits per heavy atom. The smallest absolute Gasteiger partial charge is 0.267 e. The maximum atomic E-state index is 13.5. The van der Waals surface area contributed by atoms with Crippen molar-refractivity contribution < 1.29 is 14.4 Å². The number of carbonyl (C=O) groups is 3. The molecule has 30 heavy (non-hydrogen) atoms. The van der Waals surface area contributed by atoms with E-state index in [1.807, 2.05) is 0 Å². The number of nitrogens with one attached hydrogen (secondary N) is 1. The van der Waals surface area contributed by atoms with E-state index in [0.29, 0.717) is 26.9 Å². The molecule has 1 atom stereocenters. The second kappa shape index (κ2) is 7.78. The number of fused-ring (bicyclic) bond motifs is 3. The van der Waals surface area contributed by atoms with Crippen molar-refractivity contribution in [2.24, 2.45) is 0 Å². The number of amides is 3. The zero-order chi connectivity index (χ0) is 21.5. The molecule has 8 heteroatoms. The van der Waals surface area contributed by atoms with Crippen LogP contribution in [0.1, 0.15) is 28.8 Å². The molecule has 2 aliphatic heterocycles. The van der Waals surface area contributed by atoms with Crippen LogP contribution in [0.25, 0.3) is 0 Å². The summed E-state index contributed by atoms with van der Waals surface area (Å²) < 4.78 is 0. The van der Waals surface area contributed by atoms with Crippen molar-refractivity contribution in [3.8, 4) is 0 Å². The van der Waals surface area contributed by atoms with E-state index in [1.54, 1.807) is 48.5 Å². The van der Waals surface area contributed by atoms with Crippen molar-refractivity contribution in [3.63, 3.8) is 0 Å². The lowest BCUT2D eigenvalue weighted by atomic mass is 9.95. The maximum absolute atomic E-state index is 13.5. The summed E-state index contributed by atoms with van der Waals surface area (Å²) >= 11 is 12.2. The highest BCUT2D eigenvalue weighted by atomic mass is 35.5. The molecule has 0 aromatic heterocycles. The van der Waals surface area contributed by atoms with Crippen LogP contribution in [0.5, 0.6) is 0 Å². The van der Waals surface area contributed by atoms with Gasteiger partial charge in [-0.1, -0.05) is 47.5 Å². The Morgan fingerprint density at radius 3 is 2.70 bits per heavy atom. The summed E-state index contributed by atoms with van der Waals surface area (Å²) in [7, 11) is 0. The molecule has 2 aliphatic rings. The molecule has 1 N–H and O–H groups in total. The third-order valence-corrected chi connectivity index (χ3v) is 6.09. The third kappa shape index (κ3) is 3.07. The molecule has 0 radical (unpaired) electrons. The first-order valence-corrected chi connectivity index (χ1v) is 10.2. The van der Waals surface area contributed by atoms with Crippen LogP contribution < -0.4 is 10.2 Å². The summed E-state index contributed by atoms with van der Waals surface area (Å²) in [6, 6.07) is 11.8. The summed E-state index contributed by atoms with van der Waals surface area (Å²) in [6.07, 6.45) is 1.90. The van der Waals surface area contributed by atoms with Gasteiger partial charge >= 0.3 is 0 Å². The summed E-state index contributed by atoms with van der Waals surface area (Å²) in [6.45, 7) is 3.99. The molecule has 0 saturated carbocycles. The maximum Gasteiger partial charge on any atom is 0.267 e. The Morgan fingerprint density at radius 1 is 1.20 bits per heavy atom. The normalized spacial score (nSPS) is 20.1. The second-order valence-corrected chi connectivity index (χ2v) is 8.03. The molecule has 0 bridgehead atoms. The van der Waals surface area contributed by atoms with E-state index in [9.17, 15) is 14.4 Å². The van der Waals surface area contributed by atoms with Crippen LogP contribution in [0.4, 0.5) is 5.69 Å². The zero-order valence-corrected chi connectivity index (χ0v) is 17.5. The summed E-state index contributed by atoms with van der Waals surface area (Å²) in [5.74, 6) is -0.955. The van der Waals surface area contributed by atoms with Gasteiger partial charge < -0.3 is 10.2 Å². The SMILES string of the molecule is C=CCN1C(=O)c2ccccc2N2C(=O)CC[C@@]12C(=O)NCc1ccc(Cl)cc1Cl. The van der Waals surface area contributed by atoms with Crippen molar-refractivity contribution in [1.82, 2.24) is 10.2 Å². The molecule has 0 aliphatic carbocycles. The van der Waals surface area contributed by atoms with Crippen LogP contribution in [-0.4, -0.2) is 34.8 Å². The van der Waals surface area contributed by atoms with Crippen molar-refractivity contribution in [2.45, 2.75) is 25.0 Å². The topological polar surface area (TPSA) is 69.7 Å². The van der Waals surface area contributed by atoms with Gasteiger partial charge in [0.05, 0.1) is 11.3 Å². The molecule has 4 rings (SSSR count). The number of halogens is 2. The largest absolute Gasteiger partial charge is 0.348 e. The molecule has 2 heterocycles. The van der Waals surface area contributed by atoms with Crippen LogP contribution in [0.3, 0.4) is 0 Å². The lowest BCUT2D eigenvalue weighted by Crippen LogP contribution is -2.70. The van der Waals surface area contributed by atoms with Gasteiger partial charge in [0.25, 0.3) is 11.8 Å². The van der Waals surface area contributed by atoms with Crippen LogP contribution in [0, 0.1) is 0 Å². The standard InChI is InChI=1S/C22H19Cl2N3O3/c1-2-11-26-20(29)16-5-3-4-6-18(16)27-19(28)9-10-22(26,27)21(30)25-13-14-7-8-15(23)12-17(14)24/h2-8,12H,1,9-11,13H2,(H,25,30)/t22-/m1/s1. The van der Waals surface area contributed by atoms with Gasteiger partial charge in [-0.15, -0.1) is 6.58 Å². The predicted molar refractivity (Wildman–Crippen MR) is 115 cm³/mol. The molecule has 154 valence electrons. The minimum atomic E-state index is -1.45. The number of hydrogen-bond donors (Lipinski definition) is 1. The number of hydrogen-bond acceptors (Lipinski definition) is 3. The van der Waals surface area contributed by atoms with Crippen LogP contribution in [0.15, 0.2) is 55.1 Å². The van der Waals surface area contributed by atoms with Gasteiger partial charge in [-0.05, 0) is 29.8 Å². The predicted octanol–water partition coefficient (Wildman–Crippen LogP) is 3.77. The fourth-order valence-electron chi connectivity index (χ4n) is 4.15. The monoisotopic (exact) mass is 443 g/mol. The molecule has 6 nitrogen and oxygen atoms in total. The van der Waals surface area contributed by atoms with Gasteiger partial charge in [0.1, 0.15) is 0 Å². The second-order valence-electron chi connectivity index (χ2n) is 7.19. The molecular formula is C22H19Cl2N3O3. The van der Waals surface area contributed by atoms with E-state index in [1.165, 1.54) is 9.80 Å². The number of nitrogens with zero attached hydrogens (tertiary/aromatic N) is 2. The Bertz CT molecular complexity index is 1070. The lowest BCUT2D eigenvalue weighted by Gasteiger charge is -2.48. The molecule has 1 saturated heterocycles. The van der Waals surface area contributed by atoms with Crippen molar-refractivity contribution >= 4 is 46.6 Å². The average molecular weight is 444 g/mol. The highest BCUT2D eigenvalue weighted by Crippen LogP contribution is 2.44. The zero-order valence-electron chi connectivity index (χ0n) is 16.0. The quantitative estimate of drug-likeness (QED) is 0.714. The first kappa shape index (κ1) is 20.4. The van der Waals surface area contributed by atoms with Gasteiger partial charge in [-0.25, -0.2) is 0 Å². The number of rotatable bonds is 5. The average Bonchev–Trinajstić information content (AvgIpc) is 3.08. The van der Waals surface area contributed by atoms with Crippen LogP contribution >= 0.6 is 23.2 Å². The number of benzene rings is 2. The Balaban J connectivity index is 1.74. The minimum absolute atomic E-state index is 0.131. The highest BCUT2D eigenvalue weighted by Gasteiger charge is 2.60. The molecule has 0 unspecified atom stereocenters. The van der Waals surface area contributed by atoms with E-state index >= 15 is 0 Å². The number of carbonyl (C=O) groups excluding carboxylic acids is 3. The molecule has 1 fully saturated rings. The van der Waals surface area contributed by atoms with Crippen molar-refractivity contribution in [1.29, 1.82) is 0 Å². The highest BCUT2D eigenvalue weighted by molar-refractivity contribution is 6.35. The third-order valence-electron chi connectivity index (χ3n) is 5.50. The van der Waals surface area contributed by atoms with Crippen molar-refractivity contribution in [2.75, 3.05) is 11.4 Å².